The Balaban J connectivity index is 2.53. The molecule has 0 aromatic rings. The van der Waals surface area contributed by atoms with Crippen LogP contribution >= 0.6 is 0 Å². The molecule has 0 aliphatic carbocycles. The van der Waals surface area contributed by atoms with Crippen molar-refractivity contribution in [2.75, 3.05) is 13.2 Å². The van der Waals surface area contributed by atoms with E-state index in [1.54, 1.807) is 6.08 Å². The molecule has 1 rings (SSSR count). The second-order valence-corrected chi connectivity index (χ2v) is 14.6. The number of aliphatic hydroxyl groups is 6. The zero-order valence-electron chi connectivity index (χ0n) is 33.1. The van der Waals surface area contributed by atoms with Crippen LogP contribution < -0.4 is 5.32 Å². The van der Waals surface area contributed by atoms with Crippen molar-refractivity contribution in [2.24, 2.45) is 0 Å². The molecule has 10 heteroatoms. The number of ether oxygens (including phenoxy) is 2. The van der Waals surface area contributed by atoms with Crippen LogP contribution in [-0.4, -0.2) is 98.7 Å². The molecule has 53 heavy (non-hydrogen) atoms. The fraction of sp³-hybridized carbons (Fsp3) is 0.791. The molecule has 0 aromatic heterocycles. The summed E-state index contributed by atoms with van der Waals surface area (Å²) in [5, 5.41) is 64.4. The molecule has 8 atom stereocenters. The van der Waals surface area contributed by atoms with Crippen molar-refractivity contribution in [2.45, 2.75) is 204 Å². The summed E-state index contributed by atoms with van der Waals surface area (Å²) in [5.74, 6) is -0.642. The van der Waals surface area contributed by atoms with Crippen LogP contribution in [-0.2, 0) is 14.3 Å². The van der Waals surface area contributed by atoms with Gasteiger partial charge in [0.2, 0.25) is 5.91 Å². The number of nitrogens with one attached hydrogen (secondary N) is 1. The number of carbonyl (C=O) groups is 1. The third kappa shape index (κ3) is 24.3. The lowest BCUT2D eigenvalue weighted by atomic mass is 9.99. The number of hydrogen-bond donors (Lipinski definition) is 7. The minimum Gasteiger partial charge on any atom is -0.394 e. The van der Waals surface area contributed by atoms with Gasteiger partial charge in [0.15, 0.2) is 6.29 Å². The van der Waals surface area contributed by atoms with Crippen LogP contribution in [0.5, 0.6) is 0 Å². The van der Waals surface area contributed by atoms with Crippen molar-refractivity contribution >= 4 is 5.91 Å². The van der Waals surface area contributed by atoms with Crippen molar-refractivity contribution in [3.8, 4) is 0 Å². The van der Waals surface area contributed by atoms with E-state index >= 15 is 0 Å². The molecule has 0 aromatic carbocycles. The Morgan fingerprint density at radius 3 is 1.79 bits per heavy atom. The van der Waals surface area contributed by atoms with Gasteiger partial charge < -0.3 is 45.4 Å². The fourth-order valence-corrected chi connectivity index (χ4v) is 6.23. The summed E-state index contributed by atoms with van der Waals surface area (Å²) >= 11 is 0. The summed E-state index contributed by atoms with van der Waals surface area (Å²) in [7, 11) is 0. The van der Waals surface area contributed by atoms with Crippen molar-refractivity contribution in [3.05, 3.63) is 48.6 Å². The number of amides is 1. The van der Waals surface area contributed by atoms with E-state index in [1.165, 1.54) is 70.6 Å². The van der Waals surface area contributed by atoms with Gasteiger partial charge in [0.25, 0.3) is 0 Å². The first-order chi connectivity index (χ1) is 25.8. The molecule has 0 saturated carbocycles. The van der Waals surface area contributed by atoms with E-state index in [9.17, 15) is 35.4 Å². The van der Waals surface area contributed by atoms with Crippen LogP contribution in [0.2, 0.25) is 0 Å². The number of hydrogen-bond acceptors (Lipinski definition) is 9. The number of carbonyl (C=O) groups excluding carboxylic acids is 1. The van der Waals surface area contributed by atoms with Gasteiger partial charge in [-0.2, -0.15) is 0 Å². The molecule has 0 spiro atoms. The lowest BCUT2D eigenvalue weighted by Crippen LogP contribution is -2.60. The van der Waals surface area contributed by atoms with Crippen molar-refractivity contribution in [3.63, 3.8) is 0 Å². The number of allylic oxidation sites excluding steroid dienone is 7. The largest absolute Gasteiger partial charge is 0.394 e. The highest BCUT2D eigenvalue weighted by Crippen LogP contribution is 2.22. The Morgan fingerprint density at radius 1 is 0.660 bits per heavy atom. The molecule has 10 nitrogen and oxygen atoms in total. The van der Waals surface area contributed by atoms with Gasteiger partial charge in [0.05, 0.1) is 25.4 Å². The van der Waals surface area contributed by atoms with E-state index < -0.39 is 61.5 Å². The quantitative estimate of drug-likeness (QED) is 0.0215. The van der Waals surface area contributed by atoms with Crippen LogP contribution in [0.15, 0.2) is 48.6 Å². The van der Waals surface area contributed by atoms with Gasteiger partial charge in [-0.15, -0.1) is 0 Å². The van der Waals surface area contributed by atoms with Gasteiger partial charge in [-0.25, -0.2) is 0 Å². The monoisotopic (exact) mass is 752 g/mol. The molecule has 8 unspecified atom stereocenters. The summed E-state index contributed by atoms with van der Waals surface area (Å²) < 4.78 is 11.1. The molecular weight excluding hydrogens is 674 g/mol. The highest BCUT2D eigenvalue weighted by atomic mass is 16.7. The molecule has 7 N–H and O–H groups in total. The second-order valence-electron chi connectivity index (χ2n) is 14.6. The summed E-state index contributed by atoms with van der Waals surface area (Å²) in [6.07, 6.45) is 30.5. The van der Waals surface area contributed by atoms with E-state index in [2.05, 4.69) is 55.6 Å². The molecule has 1 aliphatic rings. The van der Waals surface area contributed by atoms with Gasteiger partial charge in [-0.05, 0) is 57.8 Å². The summed E-state index contributed by atoms with van der Waals surface area (Å²) in [6.45, 7) is 3.51. The van der Waals surface area contributed by atoms with Crippen molar-refractivity contribution < 1.29 is 44.9 Å². The molecule has 1 aliphatic heterocycles. The van der Waals surface area contributed by atoms with Crippen LogP contribution in [0.3, 0.4) is 0 Å². The molecule has 0 radical (unpaired) electrons. The zero-order chi connectivity index (χ0) is 38.9. The van der Waals surface area contributed by atoms with Crippen molar-refractivity contribution in [1.29, 1.82) is 0 Å². The van der Waals surface area contributed by atoms with Crippen LogP contribution in [0, 0.1) is 0 Å². The molecule has 0 bridgehead atoms. The molecule has 1 saturated heterocycles. The highest BCUT2D eigenvalue weighted by Gasteiger charge is 2.44. The normalized spacial score (nSPS) is 22.8. The molecule has 1 heterocycles. The number of rotatable bonds is 33. The topological polar surface area (TPSA) is 169 Å². The predicted octanol–water partition coefficient (Wildman–Crippen LogP) is 6.86. The van der Waals surface area contributed by atoms with E-state index in [0.717, 1.165) is 51.4 Å². The minimum absolute atomic E-state index is 0.284. The Morgan fingerprint density at radius 2 is 1.17 bits per heavy atom. The fourth-order valence-electron chi connectivity index (χ4n) is 6.23. The van der Waals surface area contributed by atoms with Crippen molar-refractivity contribution in [1.82, 2.24) is 5.32 Å². The maximum absolute atomic E-state index is 13.0. The van der Waals surface area contributed by atoms with Gasteiger partial charge >= 0.3 is 0 Å². The number of aliphatic hydroxyl groups excluding tert-OH is 6. The first-order valence-corrected chi connectivity index (χ1v) is 21.0. The maximum atomic E-state index is 13.0. The Kier molecular flexibility index (Phi) is 31.0. The molecule has 1 amide bonds. The van der Waals surface area contributed by atoms with Crippen LogP contribution in [0.4, 0.5) is 0 Å². The molecule has 308 valence electrons. The van der Waals surface area contributed by atoms with Crippen LogP contribution in [0.25, 0.3) is 0 Å². The average Bonchev–Trinajstić information content (AvgIpc) is 3.16. The van der Waals surface area contributed by atoms with Gasteiger partial charge in [0.1, 0.15) is 30.5 Å². The summed E-state index contributed by atoms with van der Waals surface area (Å²) in [4.78, 5) is 13.0. The molecular formula is C43H77NO9. The Bertz CT molecular complexity index is 985. The summed E-state index contributed by atoms with van der Waals surface area (Å²) in [5.41, 5.74) is 0. The summed E-state index contributed by atoms with van der Waals surface area (Å²) in [6, 6.07) is -1.00. The maximum Gasteiger partial charge on any atom is 0.249 e. The zero-order valence-corrected chi connectivity index (χ0v) is 33.1. The van der Waals surface area contributed by atoms with Gasteiger partial charge in [0, 0.05) is 0 Å². The number of unbranched alkanes of at least 4 members (excludes halogenated alkanes) is 17. The van der Waals surface area contributed by atoms with Gasteiger partial charge in [-0.3, -0.25) is 4.79 Å². The second kappa shape index (κ2) is 33.4. The third-order valence-corrected chi connectivity index (χ3v) is 9.76. The van der Waals surface area contributed by atoms with E-state index in [1.807, 2.05) is 6.08 Å². The predicted molar refractivity (Wildman–Crippen MR) is 213 cm³/mol. The first-order valence-electron chi connectivity index (χ1n) is 21.0. The lowest BCUT2D eigenvalue weighted by Gasteiger charge is -2.40. The van der Waals surface area contributed by atoms with Gasteiger partial charge in [-0.1, -0.05) is 146 Å². The third-order valence-electron chi connectivity index (χ3n) is 9.76. The lowest BCUT2D eigenvalue weighted by molar-refractivity contribution is -0.302. The van der Waals surface area contributed by atoms with E-state index in [4.69, 9.17) is 9.47 Å². The Hall–Kier alpha value is -1.89. The highest BCUT2D eigenvalue weighted by molar-refractivity contribution is 5.80. The molecule has 1 fully saturated rings. The first kappa shape index (κ1) is 49.1. The minimum atomic E-state index is -1.62. The Labute approximate surface area is 321 Å². The smallest absolute Gasteiger partial charge is 0.249 e. The van der Waals surface area contributed by atoms with E-state index in [-0.39, 0.29) is 13.0 Å². The SMILES string of the molecule is CCCCC/C=C\C=C/CCCCCCCC(O)C(=O)NC(COC1OC(CO)C(O)C(O)C1O)C(O)/C=C/CC/C=C/CCCCCCCCCC. The standard InChI is InChI=1S/C43H77NO9/c1-3-5-7-9-11-13-15-17-19-21-23-25-27-29-31-36(46)35(34-52-43-41(50)40(49)39(48)38(33-45)53-43)44-42(51)37(47)32-30-28-26-24-22-20-18-16-14-12-10-8-6-4-2/h12,14,16,18,21,23,29,31,35-41,43,45-50H,3-11,13,15,17,19-20,22,24-28,30,32-34H2,1-2H3,(H,44,51)/b14-12-,18-16-,23-21+,31-29+. The van der Waals surface area contributed by atoms with Crippen LogP contribution in [0.1, 0.15) is 155 Å². The van der Waals surface area contributed by atoms with E-state index in [0.29, 0.717) is 12.8 Å². The average molecular weight is 752 g/mol.